The third-order valence-corrected chi connectivity index (χ3v) is 6.29. The molecule has 0 aliphatic rings. The van der Waals surface area contributed by atoms with Gasteiger partial charge in [-0.15, -0.1) is 0 Å². The van der Waals surface area contributed by atoms with Crippen LogP contribution >= 0.6 is 0 Å². The Hall–Kier alpha value is -4.55. The van der Waals surface area contributed by atoms with Crippen LogP contribution in [0.4, 0.5) is 0 Å². The Morgan fingerprint density at radius 2 is 1.35 bits per heavy atom. The SMILES string of the molecule is COC(=O)c1ccnc(-c2cn(CCOC(c3ccccc3)(c3ccccc3)c3ccccc3)cn2)c1. The fourth-order valence-corrected chi connectivity index (χ4v) is 4.50. The number of carbonyl (C=O) groups is 1. The predicted octanol–water partition coefficient (Wildman–Crippen LogP) is 5.74. The largest absolute Gasteiger partial charge is 0.465 e. The molecule has 6 heteroatoms. The van der Waals surface area contributed by atoms with E-state index in [2.05, 4.69) is 46.4 Å². The van der Waals surface area contributed by atoms with Crippen LogP contribution in [-0.4, -0.2) is 34.2 Å². The number of esters is 1. The Kier molecular flexibility index (Phi) is 7.19. The Morgan fingerprint density at radius 1 is 0.784 bits per heavy atom. The topological polar surface area (TPSA) is 66.2 Å². The maximum absolute atomic E-state index is 11.9. The number of aromatic nitrogens is 3. The molecule has 37 heavy (non-hydrogen) atoms. The predicted molar refractivity (Wildman–Crippen MR) is 142 cm³/mol. The lowest BCUT2D eigenvalue weighted by molar-refractivity contribution is 0.00834. The van der Waals surface area contributed by atoms with Gasteiger partial charge in [0, 0.05) is 18.9 Å². The number of nitrogens with zero attached hydrogens (tertiary/aromatic N) is 3. The van der Waals surface area contributed by atoms with Gasteiger partial charge in [-0.25, -0.2) is 9.78 Å². The van der Waals surface area contributed by atoms with E-state index in [9.17, 15) is 4.79 Å². The van der Waals surface area contributed by atoms with Gasteiger partial charge in [-0.2, -0.15) is 0 Å². The Morgan fingerprint density at radius 3 is 1.89 bits per heavy atom. The number of pyridine rings is 1. The molecule has 0 saturated heterocycles. The number of methoxy groups -OCH3 is 1. The van der Waals surface area contributed by atoms with Crippen LogP contribution in [0.2, 0.25) is 0 Å². The highest BCUT2D eigenvalue weighted by molar-refractivity contribution is 5.90. The molecule has 0 unspecified atom stereocenters. The first-order chi connectivity index (χ1) is 18.2. The van der Waals surface area contributed by atoms with Gasteiger partial charge >= 0.3 is 5.97 Å². The van der Waals surface area contributed by atoms with Crippen LogP contribution in [0.25, 0.3) is 11.4 Å². The maximum Gasteiger partial charge on any atom is 0.337 e. The lowest BCUT2D eigenvalue weighted by Crippen LogP contribution is -2.34. The van der Waals surface area contributed by atoms with E-state index in [1.54, 1.807) is 24.7 Å². The summed E-state index contributed by atoms with van der Waals surface area (Å²) in [6, 6.07) is 34.2. The first-order valence-electron chi connectivity index (χ1n) is 12.1. The second-order valence-electron chi connectivity index (χ2n) is 8.55. The maximum atomic E-state index is 11.9. The van der Waals surface area contributed by atoms with Crippen molar-refractivity contribution in [3.63, 3.8) is 0 Å². The Balaban J connectivity index is 1.43. The van der Waals surface area contributed by atoms with Crippen LogP contribution in [0.1, 0.15) is 27.0 Å². The molecule has 0 aliphatic heterocycles. The highest BCUT2D eigenvalue weighted by Crippen LogP contribution is 2.40. The minimum Gasteiger partial charge on any atom is -0.465 e. The van der Waals surface area contributed by atoms with Crippen molar-refractivity contribution in [2.24, 2.45) is 0 Å². The van der Waals surface area contributed by atoms with Crippen molar-refractivity contribution in [3.05, 3.63) is 144 Å². The quantitative estimate of drug-likeness (QED) is 0.195. The van der Waals surface area contributed by atoms with Crippen molar-refractivity contribution in [1.82, 2.24) is 14.5 Å². The molecule has 2 heterocycles. The summed E-state index contributed by atoms with van der Waals surface area (Å²) in [6.07, 6.45) is 5.24. The molecule has 6 nitrogen and oxygen atoms in total. The van der Waals surface area contributed by atoms with E-state index in [1.165, 1.54) is 7.11 Å². The summed E-state index contributed by atoms with van der Waals surface area (Å²) in [7, 11) is 1.36. The minimum atomic E-state index is -0.774. The minimum absolute atomic E-state index is 0.407. The normalized spacial score (nSPS) is 11.3. The van der Waals surface area contributed by atoms with Gasteiger partial charge in [0.2, 0.25) is 0 Å². The van der Waals surface area contributed by atoms with Gasteiger partial charge in [-0.3, -0.25) is 4.98 Å². The van der Waals surface area contributed by atoms with Gasteiger partial charge in [-0.1, -0.05) is 91.0 Å². The zero-order valence-corrected chi connectivity index (χ0v) is 20.5. The number of rotatable bonds is 9. The Bertz CT molecular complexity index is 1350. The van der Waals surface area contributed by atoms with E-state index in [4.69, 9.17) is 9.47 Å². The summed E-state index contributed by atoms with van der Waals surface area (Å²) in [5.74, 6) is -0.407. The molecule has 0 fully saturated rings. The molecule has 5 rings (SSSR count). The van der Waals surface area contributed by atoms with E-state index in [1.807, 2.05) is 65.4 Å². The summed E-state index contributed by atoms with van der Waals surface area (Å²) in [6.45, 7) is 1.02. The molecule has 0 atom stereocenters. The molecule has 2 aromatic heterocycles. The molecule has 5 aromatic rings. The zero-order chi connectivity index (χ0) is 25.5. The second-order valence-corrected chi connectivity index (χ2v) is 8.55. The third-order valence-electron chi connectivity index (χ3n) is 6.29. The van der Waals surface area contributed by atoms with Crippen molar-refractivity contribution >= 4 is 5.97 Å². The number of hydrogen-bond donors (Lipinski definition) is 0. The molecule has 0 radical (unpaired) electrons. The number of ether oxygens (including phenoxy) is 2. The van der Waals surface area contributed by atoms with Crippen molar-refractivity contribution in [2.45, 2.75) is 12.1 Å². The molecule has 0 saturated carbocycles. The third kappa shape index (κ3) is 5.06. The number of imidazole rings is 1. The van der Waals surface area contributed by atoms with E-state index < -0.39 is 11.6 Å². The highest BCUT2D eigenvalue weighted by atomic mass is 16.5. The summed E-state index contributed by atoms with van der Waals surface area (Å²) in [5.41, 5.74) is 4.11. The fraction of sp³-hybridized carbons (Fsp3) is 0.129. The lowest BCUT2D eigenvalue weighted by atomic mass is 9.80. The molecule has 0 aliphatic carbocycles. The number of benzene rings is 3. The summed E-state index contributed by atoms with van der Waals surface area (Å²) < 4.78 is 13.6. The van der Waals surface area contributed by atoms with Crippen LogP contribution in [0.15, 0.2) is 122 Å². The zero-order valence-electron chi connectivity index (χ0n) is 20.5. The average Bonchev–Trinajstić information content (AvgIpc) is 3.45. The Labute approximate surface area is 216 Å². The lowest BCUT2D eigenvalue weighted by Gasteiger charge is -2.36. The van der Waals surface area contributed by atoms with Crippen molar-refractivity contribution in [1.29, 1.82) is 0 Å². The van der Waals surface area contributed by atoms with E-state index in [0.29, 0.717) is 30.1 Å². The number of hydrogen-bond acceptors (Lipinski definition) is 5. The van der Waals surface area contributed by atoms with Gasteiger partial charge in [0.25, 0.3) is 0 Å². The van der Waals surface area contributed by atoms with Gasteiger partial charge in [0.15, 0.2) is 0 Å². The fourth-order valence-electron chi connectivity index (χ4n) is 4.50. The van der Waals surface area contributed by atoms with Crippen LogP contribution in [-0.2, 0) is 21.6 Å². The molecule has 0 bridgehead atoms. The number of carbonyl (C=O) groups excluding carboxylic acids is 1. The van der Waals surface area contributed by atoms with Gasteiger partial charge in [0.05, 0.1) is 31.3 Å². The van der Waals surface area contributed by atoms with E-state index in [-0.39, 0.29) is 0 Å². The monoisotopic (exact) mass is 489 g/mol. The highest BCUT2D eigenvalue weighted by Gasteiger charge is 2.37. The van der Waals surface area contributed by atoms with E-state index in [0.717, 1.165) is 16.7 Å². The van der Waals surface area contributed by atoms with Crippen LogP contribution in [0.3, 0.4) is 0 Å². The van der Waals surface area contributed by atoms with Crippen LogP contribution in [0, 0.1) is 0 Å². The second kappa shape index (κ2) is 11.0. The van der Waals surface area contributed by atoms with Crippen LogP contribution in [0.5, 0.6) is 0 Å². The van der Waals surface area contributed by atoms with Gasteiger partial charge in [0.1, 0.15) is 11.3 Å². The molecular formula is C31H27N3O3. The van der Waals surface area contributed by atoms with Crippen LogP contribution < -0.4 is 0 Å². The summed E-state index contributed by atoms with van der Waals surface area (Å²) in [4.78, 5) is 20.8. The molecule has 3 aromatic carbocycles. The summed E-state index contributed by atoms with van der Waals surface area (Å²) >= 11 is 0. The molecule has 0 amide bonds. The van der Waals surface area contributed by atoms with E-state index >= 15 is 0 Å². The molecule has 0 spiro atoms. The van der Waals surface area contributed by atoms with Gasteiger partial charge < -0.3 is 14.0 Å². The van der Waals surface area contributed by atoms with Crippen molar-refractivity contribution in [3.8, 4) is 11.4 Å². The standard InChI is InChI=1S/C31H27N3O3/c1-36-30(35)24-17-18-32-28(21-24)29-22-34(23-33-29)19-20-37-31(25-11-5-2-6-12-25,26-13-7-3-8-14-26)27-15-9-4-10-16-27/h2-18,21-23H,19-20H2,1H3. The first kappa shape index (κ1) is 24.2. The van der Waals surface area contributed by atoms with Crippen molar-refractivity contribution < 1.29 is 14.3 Å². The smallest absolute Gasteiger partial charge is 0.337 e. The molecule has 184 valence electrons. The summed E-state index contributed by atoms with van der Waals surface area (Å²) in [5, 5.41) is 0. The van der Waals surface area contributed by atoms with Gasteiger partial charge in [-0.05, 0) is 28.8 Å². The average molecular weight is 490 g/mol. The van der Waals surface area contributed by atoms with Crippen molar-refractivity contribution in [2.75, 3.05) is 13.7 Å². The molecular weight excluding hydrogens is 462 g/mol. The first-order valence-corrected chi connectivity index (χ1v) is 12.1. The molecule has 0 N–H and O–H groups in total.